The summed E-state index contributed by atoms with van der Waals surface area (Å²) in [5.41, 5.74) is 2.17. The van der Waals surface area contributed by atoms with E-state index >= 15 is 0 Å². The van der Waals surface area contributed by atoms with Gasteiger partial charge in [-0.15, -0.1) is 0 Å². The Balaban J connectivity index is 1.95. The first kappa shape index (κ1) is 14.4. The molecule has 0 fully saturated rings. The fraction of sp³-hybridized carbons (Fsp3) is 0.438. The van der Waals surface area contributed by atoms with Gasteiger partial charge in [-0.3, -0.25) is 0 Å². The number of hydrogen-bond acceptors (Lipinski definition) is 6. The quantitative estimate of drug-likeness (QED) is 0.781. The number of carbonyl (C=O) groups excluding carboxylic acids is 1. The van der Waals surface area contributed by atoms with Crippen molar-refractivity contribution in [2.75, 3.05) is 18.6 Å². The zero-order valence-electron chi connectivity index (χ0n) is 12.5. The molecule has 6 nitrogen and oxygen atoms in total. The van der Waals surface area contributed by atoms with E-state index in [1.165, 1.54) is 0 Å². The van der Waals surface area contributed by atoms with Crippen LogP contribution in [0.3, 0.4) is 0 Å². The lowest BCUT2D eigenvalue weighted by atomic mass is 9.78. The van der Waals surface area contributed by atoms with Crippen LogP contribution in [-0.4, -0.2) is 31.6 Å². The van der Waals surface area contributed by atoms with Gasteiger partial charge in [0.1, 0.15) is 0 Å². The molecule has 0 radical (unpaired) electrons. The van der Waals surface area contributed by atoms with Crippen molar-refractivity contribution in [2.45, 2.75) is 25.5 Å². The number of oxime groups is 1. The Labute approximate surface area is 128 Å². The summed E-state index contributed by atoms with van der Waals surface area (Å²) >= 11 is 0. The fourth-order valence-electron chi connectivity index (χ4n) is 3.14. The SMILES string of the molecule is CCOC(=O)C1=NO[C@H]2[C@@H](C1)[C@H](C#N)c1ccccc1N2C. The van der Waals surface area contributed by atoms with Gasteiger partial charge in [0.05, 0.1) is 18.6 Å². The topological polar surface area (TPSA) is 74.9 Å². The Bertz CT molecular complexity index is 665. The van der Waals surface area contributed by atoms with Gasteiger partial charge in [0.15, 0.2) is 5.71 Å². The van der Waals surface area contributed by atoms with E-state index in [4.69, 9.17) is 9.57 Å². The van der Waals surface area contributed by atoms with E-state index in [0.29, 0.717) is 6.42 Å². The molecule has 1 aromatic rings. The highest BCUT2D eigenvalue weighted by atomic mass is 16.7. The first-order chi connectivity index (χ1) is 10.7. The van der Waals surface area contributed by atoms with Crippen molar-refractivity contribution in [3.05, 3.63) is 29.8 Å². The van der Waals surface area contributed by atoms with Crippen molar-refractivity contribution in [1.82, 2.24) is 0 Å². The third-order valence-corrected chi connectivity index (χ3v) is 4.18. The molecule has 0 unspecified atom stereocenters. The molecule has 0 N–H and O–H groups in total. The number of hydrogen-bond donors (Lipinski definition) is 0. The summed E-state index contributed by atoms with van der Waals surface area (Å²) in [7, 11) is 1.91. The highest BCUT2D eigenvalue weighted by molar-refractivity contribution is 6.36. The van der Waals surface area contributed by atoms with Crippen LogP contribution >= 0.6 is 0 Å². The zero-order chi connectivity index (χ0) is 15.7. The standard InChI is InChI=1S/C16H17N3O3/c1-3-21-16(20)13-8-11-12(9-17)10-6-4-5-7-14(10)19(2)15(11)22-18-13/h4-7,11-12,15H,3,8H2,1-2H3/t11-,12+,15-/m0/s1. The minimum atomic E-state index is -0.473. The van der Waals surface area contributed by atoms with Crippen LogP contribution in [0.15, 0.2) is 29.4 Å². The molecule has 0 bridgehead atoms. The van der Waals surface area contributed by atoms with E-state index < -0.39 is 5.97 Å². The number of nitrogens with zero attached hydrogens (tertiary/aromatic N) is 3. The van der Waals surface area contributed by atoms with Crippen LogP contribution in [0.2, 0.25) is 0 Å². The molecule has 114 valence electrons. The molecule has 0 saturated carbocycles. The van der Waals surface area contributed by atoms with E-state index in [-0.39, 0.29) is 30.4 Å². The normalized spacial score (nSPS) is 26.0. The second-order valence-corrected chi connectivity index (χ2v) is 5.40. The lowest BCUT2D eigenvalue weighted by Gasteiger charge is -2.43. The molecular weight excluding hydrogens is 282 g/mol. The molecule has 0 spiro atoms. The van der Waals surface area contributed by atoms with Crippen LogP contribution in [0.4, 0.5) is 5.69 Å². The van der Waals surface area contributed by atoms with E-state index in [2.05, 4.69) is 11.2 Å². The molecule has 6 heteroatoms. The predicted molar refractivity (Wildman–Crippen MR) is 80.2 cm³/mol. The number of rotatable bonds is 2. The number of esters is 1. The molecule has 0 aromatic heterocycles. The van der Waals surface area contributed by atoms with E-state index in [9.17, 15) is 10.1 Å². The van der Waals surface area contributed by atoms with Crippen LogP contribution in [0, 0.1) is 17.2 Å². The van der Waals surface area contributed by atoms with Crippen molar-refractivity contribution in [2.24, 2.45) is 11.1 Å². The van der Waals surface area contributed by atoms with Crippen molar-refractivity contribution in [1.29, 1.82) is 5.26 Å². The highest BCUT2D eigenvalue weighted by Crippen LogP contribution is 2.44. The molecule has 0 saturated heterocycles. The Morgan fingerprint density at radius 1 is 1.55 bits per heavy atom. The summed E-state index contributed by atoms with van der Waals surface area (Å²) in [5.74, 6) is -0.960. The average molecular weight is 299 g/mol. The second-order valence-electron chi connectivity index (χ2n) is 5.40. The molecule has 22 heavy (non-hydrogen) atoms. The number of nitriles is 1. The maximum absolute atomic E-state index is 11.9. The van der Waals surface area contributed by atoms with Gasteiger partial charge in [-0.25, -0.2) is 4.79 Å². The Hall–Kier alpha value is -2.55. The second kappa shape index (κ2) is 5.68. The first-order valence-electron chi connectivity index (χ1n) is 7.28. The van der Waals surface area contributed by atoms with Gasteiger partial charge >= 0.3 is 5.97 Å². The Kier molecular flexibility index (Phi) is 3.72. The van der Waals surface area contributed by atoms with E-state index in [0.717, 1.165) is 11.3 Å². The summed E-state index contributed by atoms with van der Waals surface area (Å²) in [6.07, 6.45) is 0.0261. The fourth-order valence-corrected chi connectivity index (χ4v) is 3.14. The lowest BCUT2D eigenvalue weighted by molar-refractivity contribution is -0.136. The number of ether oxygens (including phenoxy) is 1. The smallest absolute Gasteiger partial charge is 0.356 e. The predicted octanol–water partition coefficient (Wildman–Crippen LogP) is 2.03. The number of para-hydroxylation sites is 1. The summed E-state index contributed by atoms with van der Waals surface area (Å²) in [5, 5.41) is 13.5. The largest absolute Gasteiger partial charge is 0.461 e. The number of benzene rings is 1. The molecule has 0 amide bonds. The number of carbonyl (C=O) groups is 1. The van der Waals surface area contributed by atoms with Gasteiger partial charge in [-0.05, 0) is 18.6 Å². The Morgan fingerprint density at radius 2 is 2.32 bits per heavy atom. The minimum absolute atomic E-state index is 0.151. The van der Waals surface area contributed by atoms with E-state index in [1.807, 2.05) is 36.2 Å². The molecule has 2 aliphatic rings. The zero-order valence-corrected chi connectivity index (χ0v) is 12.5. The molecule has 3 atom stereocenters. The lowest BCUT2D eigenvalue weighted by Crippen LogP contribution is -2.49. The molecular formula is C16H17N3O3. The third kappa shape index (κ3) is 2.19. The molecule has 0 aliphatic carbocycles. The van der Waals surface area contributed by atoms with Crippen LogP contribution < -0.4 is 4.90 Å². The maximum atomic E-state index is 11.9. The van der Waals surface area contributed by atoms with Crippen molar-refractivity contribution in [3.8, 4) is 6.07 Å². The maximum Gasteiger partial charge on any atom is 0.356 e. The van der Waals surface area contributed by atoms with Gasteiger partial charge in [0.25, 0.3) is 0 Å². The molecule has 3 rings (SSSR count). The van der Waals surface area contributed by atoms with Crippen molar-refractivity contribution >= 4 is 17.4 Å². The van der Waals surface area contributed by atoms with Gasteiger partial charge in [-0.2, -0.15) is 5.26 Å². The van der Waals surface area contributed by atoms with Crippen LogP contribution in [0.5, 0.6) is 0 Å². The molecule has 2 aliphatic heterocycles. The van der Waals surface area contributed by atoms with Gasteiger partial charge < -0.3 is 14.5 Å². The van der Waals surface area contributed by atoms with Gasteiger partial charge in [0, 0.05) is 25.1 Å². The molecule has 2 heterocycles. The average Bonchev–Trinajstić information content (AvgIpc) is 2.55. The number of anilines is 1. The van der Waals surface area contributed by atoms with Crippen LogP contribution in [0.25, 0.3) is 0 Å². The van der Waals surface area contributed by atoms with Crippen LogP contribution in [0.1, 0.15) is 24.8 Å². The minimum Gasteiger partial charge on any atom is -0.461 e. The van der Waals surface area contributed by atoms with Crippen LogP contribution in [-0.2, 0) is 14.4 Å². The van der Waals surface area contributed by atoms with Crippen molar-refractivity contribution in [3.63, 3.8) is 0 Å². The van der Waals surface area contributed by atoms with Gasteiger partial charge in [-0.1, -0.05) is 23.4 Å². The van der Waals surface area contributed by atoms with E-state index in [1.54, 1.807) is 6.92 Å². The first-order valence-corrected chi connectivity index (χ1v) is 7.28. The highest BCUT2D eigenvalue weighted by Gasteiger charge is 2.45. The summed E-state index contributed by atoms with van der Waals surface area (Å²) in [6.45, 7) is 2.03. The number of fused-ring (bicyclic) bond motifs is 2. The monoisotopic (exact) mass is 299 g/mol. The van der Waals surface area contributed by atoms with Crippen molar-refractivity contribution < 1.29 is 14.4 Å². The summed E-state index contributed by atoms with van der Waals surface area (Å²) in [6, 6.07) is 10.1. The summed E-state index contributed by atoms with van der Waals surface area (Å²) < 4.78 is 4.98. The molecule has 1 aromatic carbocycles. The third-order valence-electron chi connectivity index (χ3n) is 4.18. The Morgan fingerprint density at radius 3 is 3.05 bits per heavy atom. The van der Waals surface area contributed by atoms with Gasteiger partial charge in [0.2, 0.25) is 6.23 Å². The summed E-state index contributed by atoms with van der Waals surface area (Å²) in [4.78, 5) is 19.4.